The molecular weight excluding hydrogens is 404 g/mol. The molecule has 0 radical (unpaired) electrons. The molecule has 0 aliphatic carbocycles. The van der Waals surface area contributed by atoms with Crippen molar-refractivity contribution in [3.63, 3.8) is 0 Å². The number of ether oxygens (including phenoxy) is 1. The first-order valence-electron chi connectivity index (χ1n) is 11.0. The molecule has 1 N–H and O–H groups in total. The minimum atomic E-state index is -0.526. The third-order valence-corrected chi connectivity index (χ3v) is 5.58. The number of imidazole rings is 1. The fourth-order valence-corrected chi connectivity index (χ4v) is 3.98. The third-order valence-electron chi connectivity index (χ3n) is 5.58. The standard InChI is InChI=1S/C25H30N4O3/c1-17-26-21-7-5-6-8-22(21)29(17)15-18-9-11-19(12-10-18)23(30)27-20-13-14-28(16-20)24(31)32-25(2,3)4/h5-12,20H,13-16H2,1-4H3,(H,27,30)/t20-/m1/s1. The Morgan fingerprint density at radius 2 is 1.84 bits per heavy atom. The lowest BCUT2D eigenvalue weighted by molar-refractivity contribution is 0.0290. The van der Waals surface area contributed by atoms with E-state index >= 15 is 0 Å². The Balaban J connectivity index is 1.36. The number of likely N-dealkylation sites (tertiary alicyclic amines) is 1. The predicted molar refractivity (Wildman–Crippen MR) is 124 cm³/mol. The van der Waals surface area contributed by atoms with Gasteiger partial charge in [-0.25, -0.2) is 9.78 Å². The molecular formula is C25H30N4O3. The molecule has 0 unspecified atom stereocenters. The van der Waals surface area contributed by atoms with Crippen LogP contribution in [0.4, 0.5) is 4.79 Å². The van der Waals surface area contributed by atoms with Crippen molar-refractivity contribution < 1.29 is 14.3 Å². The number of amides is 2. The molecule has 0 spiro atoms. The van der Waals surface area contributed by atoms with Gasteiger partial charge in [-0.15, -0.1) is 0 Å². The Morgan fingerprint density at radius 3 is 2.56 bits per heavy atom. The molecule has 1 saturated heterocycles. The maximum Gasteiger partial charge on any atom is 0.410 e. The molecule has 7 nitrogen and oxygen atoms in total. The smallest absolute Gasteiger partial charge is 0.410 e. The number of carbonyl (C=O) groups excluding carboxylic acids is 2. The minimum Gasteiger partial charge on any atom is -0.444 e. The highest BCUT2D eigenvalue weighted by Crippen LogP contribution is 2.19. The molecule has 32 heavy (non-hydrogen) atoms. The van der Waals surface area contributed by atoms with Crippen LogP contribution in [0.1, 0.15) is 48.9 Å². The molecule has 2 amide bonds. The first-order valence-corrected chi connectivity index (χ1v) is 11.0. The van der Waals surface area contributed by atoms with E-state index in [1.807, 2.05) is 70.2 Å². The monoisotopic (exact) mass is 434 g/mol. The van der Waals surface area contributed by atoms with Crippen LogP contribution in [0.2, 0.25) is 0 Å². The van der Waals surface area contributed by atoms with Crippen molar-refractivity contribution in [2.45, 2.75) is 52.3 Å². The molecule has 1 aliphatic rings. The number of fused-ring (bicyclic) bond motifs is 1. The zero-order chi connectivity index (χ0) is 22.9. The second-order valence-corrected chi connectivity index (χ2v) is 9.32. The average molecular weight is 435 g/mol. The van der Waals surface area contributed by atoms with Crippen molar-refractivity contribution in [1.29, 1.82) is 0 Å². The molecule has 1 aliphatic heterocycles. The van der Waals surface area contributed by atoms with Gasteiger partial charge in [0.05, 0.1) is 11.0 Å². The van der Waals surface area contributed by atoms with E-state index in [0.717, 1.165) is 28.8 Å². The van der Waals surface area contributed by atoms with E-state index in [1.54, 1.807) is 4.90 Å². The number of hydrogen-bond acceptors (Lipinski definition) is 4. The first kappa shape index (κ1) is 21.9. The van der Waals surface area contributed by atoms with Crippen molar-refractivity contribution in [2.75, 3.05) is 13.1 Å². The van der Waals surface area contributed by atoms with Gasteiger partial charge in [0.25, 0.3) is 5.91 Å². The van der Waals surface area contributed by atoms with Crippen LogP contribution in [0.5, 0.6) is 0 Å². The number of aryl methyl sites for hydroxylation is 1. The van der Waals surface area contributed by atoms with Crippen LogP contribution < -0.4 is 5.32 Å². The van der Waals surface area contributed by atoms with E-state index in [-0.39, 0.29) is 18.0 Å². The summed E-state index contributed by atoms with van der Waals surface area (Å²) in [7, 11) is 0. The molecule has 1 aromatic heterocycles. The molecule has 1 fully saturated rings. The molecule has 2 heterocycles. The molecule has 0 bridgehead atoms. The Kier molecular flexibility index (Phi) is 5.91. The summed E-state index contributed by atoms with van der Waals surface area (Å²) in [5, 5.41) is 3.04. The second-order valence-electron chi connectivity index (χ2n) is 9.32. The predicted octanol–water partition coefficient (Wildman–Crippen LogP) is 4.13. The van der Waals surface area contributed by atoms with Crippen molar-refractivity contribution in [3.05, 3.63) is 65.5 Å². The van der Waals surface area contributed by atoms with Gasteiger partial charge in [-0.2, -0.15) is 0 Å². The Morgan fingerprint density at radius 1 is 1.12 bits per heavy atom. The number of aromatic nitrogens is 2. The summed E-state index contributed by atoms with van der Waals surface area (Å²) in [5.74, 6) is 0.834. The number of nitrogens with one attached hydrogen (secondary N) is 1. The van der Waals surface area contributed by atoms with Crippen molar-refractivity contribution >= 4 is 23.0 Å². The SMILES string of the molecule is Cc1nc2ccccc2n1Cc1ccc(C(=O)N[C@@H]2CCN(C(=O)OC(C)(C)C)C2)cc1. The molecule has 0 saturated carbocycles. The van der Waals surface area contributed by atoms with Crippen molar-refractivity contribution in [1.82, 2.24) is 19.8 Å². The third kappa shape index (κ3) is 4.93. The molecule has 1 atom stereocenters. The van der Waals surface area contributed by atoms with Crippen LogP contribution in [0, 0.1) is 6.92 Å². The number of carbonyl (C=O) groups is 2. The highest BCUT2D eigenvalue weighted by Gasteiger charge is 2.30. The van der Waals surface area contributed by atoms with E-state index in [1.165, 1.54) is 0 Å². The Labute approximate surface area is 188 Å². The fourth-order valence-electron chi connectivity index (χ4n) is 3.98. The van der Waals surface area contributed by atoms with Gasteiger partial charge in [-0.3, -0.25) is 4.79 Å². The zero-order valence-electron chi connectivity index (χ0n) is 19.1. The zero-order valence-corrected chi connectivity index (χ0v) is 19.1. The van der Waals surface area contributed by atoms with Gasteiger partial charge in [-0.1, -0.05) is 24.3 Å². The molecule has 2 aromatic carbocycles. The maximum absolute atomic E-state index is 12.7. The van der Waals surface area contributed by atoms with Crippen LogP contribution >= 0.6 is 0 Å². The lowest BCUT2D eigenvalue weighted by Crippen LogP contribution is -2.40. The van der Waals surface area contributed by atoms with E-state index in [2.05, 4.69) is 20.9 Å². The van der Waals surface area contributed by atoms with Gasteiger partial charge >= 0.3 is 6.09 Å². The summed E-state index contributed by atoms with van der Waals surface area (Å²) >= 11 is 0. The Bertz CT molecular complexity index is 1130. The highest BCUT2D eigenvalue weighted by molar-refractivity contribution is 5.94. The van der Waals surface area contributed by atoms with Gasteiger partial charge in [0.2, 0.25) is 0 Å². The van der Waals surface area contributed by atoms with Crippen LogP contribution in [0.3, 0.4) is 0 Å². The van der Waals surface area contributed by atoms with Gasteiger partial charge in [0.1, 0.15) is 11.4 Å². The lowest BCUT2D eigenvalue weighted by atomic mass is 10.1. The first-order chi connectivity index (χ1) is 15.2. The van der Waals surface area contributed by atoms with Gasteiger partial charge in [0, 0.05) is 31.2 Å². The summed E-state index contributed by atoms with van der Waals surface area (Å²) < 4.78 is 7.59. The molecule has 3 aromatic rings. The van der Waals surface area contributed by atoms with E-state index < -0.39 is 5.60 Å². The fraction of sp³-hybridized carbons (Fsp3) is 0.400. The van der Waals surface area contributed by atoms with Crippen LogP contribution in [0.15, 0.2) is 48.5 Å². The summed E-state index contributed by atoms with van der Waals surface area (Å²) in [6.45, 7) is 9.29. The summed E-state index contributed by atoms with van der Waals surface area (Å²) in [5.41, 5.74) is 3.27. The van der Waals surface area contributed by atoms with Crippen LogP contribution in [-0.4, -0.2) is 51.2 Å². The van der Waals surface area contributed by atoms with E-state index in [0.29, 0.717) is 25.2 Å². The molecule has 168 valence electrons. The quantitative estimate of drug-likeness (QED) is 0.670. The summed E-state index contributed by atoms with van der Waals surface area (Å²) in [6.07, 6.45) is 0.386. The van der Waals surface area contributed by atoms with E-state index in [4.69, 9.17) is 4.74 Å². The lowest BCUT2D eigenvalue weighted by Gasteiger charge is -2.24. The van der Waals surface area contributed by atoms with Crippen LogP contribution in [0.25, 0.3) is 11.0 Å². The van der Waals surface area contributed by atoms with Gasteiger partial charge in [0.15, 0.2) is 0 Å². The minimum absolute atomic E-state index is 0.0744. The second kappa shape index (κ2) is 8.65. The number of benzene rings is 2. The summed E-state index contributed by atoms with van der Waals surface area (Å²) in [6, 6.07) is 15.7. The normalized spacial score (nSPS) is 16.4. The molecule has 4 rings (SSSR count). The molecule has 7 heteroatoms. The number of para-hydroxylation sites is 2. The van der Waals surface area contributed by atoms with Crippen molar-refractivity contribution in [2.24, 2.45) is 0 Å². The van der Waals surface area contributed by atoms with Gasteiger partial charge < -0.3 is 19.5 Å². The van der Waals surface area contributed by atoms with Gasteiger partial charge in [-0.05, 0) is 63.9 Å². The van der Waals surface area contributed by atoms with Crippen LogP contribution in [-0.2, 0) is 11.3 Å². The number of rotatable bonds is 4. The highest BCUT2D eigenvalue weighted by atomic mass is 16.6. The largest absolute Gasteiger partial charge is 0.444 e. The summed E-state index contributed by atoms with van der Waals surface area (Å²) in [4.78, 5) is 31.2. The van der Waals surface area contributed by atoms with Crippen molar-refractivity contribution in [3.8, 4) is 0 Å². The average Bonchev–Trinajstić information content (AvgIpc) is 3.32. The number of hydrogen-bond donors (Lipinski definition) is 1. The maximum atomic E-state index is 12.7. The Hall–Kier alpha value is -3.35. The number of nitrogens with zero attached hydrogens (tertiary/aromatic N) is 3. The topological polar surface area (TPSA) is 76.5 Å². The van der Waals surface area contributed by atoms with E-state index in [9.17, 15) is 9.59 Å².